The molecule has 3 heterocycles. The lowest BCUT2D eigenvalue weighted by Crippen LogP contribution is -2.58. The smallest absolute Gasteiger partial charge is 0.310 e. The Morgan fingerprint density at radius 2 is 1.80 bits per heavy atom. The molecule has 10 heteroatoms. The van der Waals surface area contributed by atoms with E-state index in [2.05, 4.69) is 10.6 Å². The number of ether oxygens (including phenoxy) is 2. The minimum Gasteiger partial charge on any atom is -0.433 e. The van der Waals surface area contributed by atoms with Crippen LogP contribution in [0, 0.1) is 0 Å². The number of Topliss-reactive ketones (excluding diaryl/α,β-unsaturated/α-hetero) is 1. The fraction of sp³-hybridized carbons (Fsp3) is 0.480. The molecule has 0 aliphatic carbocycles. The quantitative estimate of drug-likeness (QED) is 0.255. The first kappa shape index (κ1) is 24.6. The van der Waals surface area contributed by atoms with Crippen LogP contribution in [0.15, 0.2) is 42.5 Å². The molecule has 3 aliphatic heterocycles. The number of ketones is 1. The number of rotatable bonds is 7. The number of carbonyl (C=O) groups is 5. The van der Waals surface area contributed by atoms with Gasteiger partial charge in [0, 0.05) is 18.2 Å². The van der Waals surface area contributed by atoms with Gasteiger partial charge in [0.25, 0.3) is 5.91 Å². The van der Waals surface area contributed by atoms with Gasteiger partial charge in [-0.25, -0.2) is 0 Å². The van der Waals surface area contributed by atoms with Crippen molar-refractivity contribution in [2.24, 2.45) is 0 Å². The molecule has 186 valence electrons. The highest BCUT2D eigenvalue weighted by molar-refractivity contribution is 6.43. The largest absolute Gasteiger partial charge is 0.433 e. The van der Waals surface area contributed by atoms with E-state index in [0.717, 1.165) is 0 Å². The minimum absolute atomic E-state index is 0.0104. The van der Waals surface area contributed by atoms with Crippen molar-refractivity contribution in [1.29, 1.82) is 0 Å². The van der Waals surface area contributed by atoms with E-state index in [1.807, 2.05) is 12.2 Å². The normalized spacial score (nSPS) is 28.9. The van der Waals surface area contributed by atoms with E-state index < -0.39 is 53.9 Å². The van der Waals surface area contributed by atoms with E-state index in [1.165, 1.54) is 17.0 Å². The summed E-state index contributed by atoms with van der Waals surface area (Å²) in [4.78, 5) is 65.1. The molecule has 0 radical (unpaired) electrons. The van der Waals surface area contributed by atoms with Crippen molar-refractivity contribution in [1.82, 2.24) is 15.5 Å². The Bertz CT molecular complexity index is 1030. The van der Waals surface area contributed by atoms with Crippen molar-refractivity contribution in [3.63, 3.8) is 0 Å². The van der Waals surface area contributed by atoms with Crippen LogP contribution in [0.1, 0.15) is 49.4 Å². The van der Waals surface area contributed by atoms with Crippen LogP contribution in [0.4, 0.5) is 0 Å². The Labute approximate surface area is 203 Å². The van der Waals surface area contributed by atoms with Crippen LogP contribution in [0.3, 0.4) is 0 Å². The van der Waals surface area contributed by atoms with E-state index in [4.69, 9.17) is 9.47 Å². The maximum absolute atomic E-state index is 13.5. The second-order valence-electron chi connectivity index (χ2n) is 8.79. The number of hydrogen-bond donors (Lipinski definition) is 2. The van der Waals surface area contributed by atoms with Crippen molar-refractivity contribution in [2.75, 3.05) is 6.61 Å². The van der Waals surface area contributed by atoms with Crippen LogP contribution in [-0.4, -0.2) is 71.4 Å². The summed E-state index contributed by atoms with van der Waals surface area (Å²) >= 11 is 0. The Hall–Kier alpha value is -3.53. The van der Waals surface area contributed by atoms with Crippen molar-refractivity contribution in [3.8, 4) is 0 Å². The molecule has 35 heavy (non-hydrogen) atoms. The average Bonchev–Trinajstić information content (AvgIpc) is 3.42. The van der Waals surface area contributed by atoms with Crippen molar-refractivity contribution >= 4 is 29.5 Å². The molecule has 2 fully saturated rings. The summed E-state index contributed by atoms with van der Waals surface area (Å²) in [5.74, 6) is -2.88. The van der Waals surface area contributed by atoms with E-state index >= 15 is 0 Å². The highest BCUT2D eigenvalue weighted by atomic mass is 16.7. The number of nitrogens with zero attached hydrogens (tertiary/aromatic N) is 1. The third-order valence-electron chi connectivity index (χ3n) is 6.47. The van der Waals surface area contributed by atoms with Gasteiger partial charge in [-0.15, -0.1) is 0 Å². The lowest BCUT2D eigenvalue weighted by Gasteiger charge is -2.34. The molecule has 2 saturated heterocycles. The highest BCUT2D eigenvalue weighted by Gasteiger charge is 2.45. The predicted molar refractivity (Wildman–Crippen MR) is 123 cm³/mol. The molecule has 1 aromatic rings. The molecule has 1 aromatic carbocycles. The van der Waals surface area contributed by atoms with Crippen LogP contribution >= 0.6 is 0 Å². The van der Waals surface area contributed by atoms with Crippen LogP contribution in [-0.2, 0) is 28.7 Å². The molecule has 2 N–H and O–H groups in total. The second kappa shape index (κ2) is 10.8. The molecule has 4 rings (SSSR count). The van der Waals surface area contributed by atoms with Gasteiger partial charge in [0.2, 0.25) is 23.9 Å². The SMILES string of the molecule is CCOC1OC(=O)CC1NC(=O)[C@@H]1CC[C@H]2C/C=C\C[C@H](NC(=O)C(=O)c3ccccc3)C(=O)N21. The second-order valence-corrected chi connectivity index (χ2v) is 8.79. The number of cyclic esters (lactones) is 1. The number of carbonyl (C=O) groups excluding carboxylic acids is 5. The van der Waals surface area contributed by atoms with Crippen molar-refractivity contribution in [3.05, 3.63) is 48.0 Å². The van der Waals surface area contributed by atoms with Gasteiger partial charge in [-0.1, -0.05) is 42.5 Å². The Morgan fingerprint density at radius 3 is 2.54 bits per heavy atom. The zero-order valence-electron chi connectivity index (χ0n) is 19.5. The summed E-state index contributed by atoms with van der Waals surface area (Å²) in [7, 11) is 0. The van der Waals surface area contributed by atoms with Gasteiger partial charge in [0.15, 0.2) is 0 Å². The summed E-state index contributed by atoms with van der Waals surface area (Å²) < 4.78 is 10.5. The van der Waals surface area contributed by atoms with Gasteiger partial charge >= 0.3 is 5.97 Å². The standard InChI is InChI=1S/C25H29N3O7/c1-2-34-25-18(14-20(29)35-25)27-22(31)19-13-12-16-10-6-7-11-17(24(33)28(16)19)26-23(32)21(30)15-8-4-3-5-9-15/h3-9,16-19,25H,2,10-14H2,1H3,(H,26,32)(H,27,31)/b7-6-/t16-,17+,18?,19+,25?/m1/s1. The summed E-state index contributed by atoms with van der Waals surface area (Å²) in [5.41, 5.74) is 0.229. The molecule has 0 bridgehead atoms. The van der Waals surface area contributed by atoms with Crippen LogP contribution in [0.25, 0.3) is 0 Å². The van der Waals surface area contributed by atoms with Gasteiger partial charge in [-0.3, -0.25) is 24.0 Å². The zero-order chi connectivity index (χ0) is 24.9. The highest BCUT2D eigenvalue weighted by Crippen LogP contribution is 2.30. The fourth-order valence-electron chi connectivity index (χ4n) is 4.78. The number of esters is 1. The van der Waals surface area contributed by atoms with Crippen LogP contribution < -0.4 is 10.6 Å². The van der Waals surface area contributed by atoms with E-state index in [-0.39, 0.29) is 24.4 Å². The molecule has 3 aliphatic rings. The number of hydrogen-bond acceptors (Lipinski definition) is 7. The van der Waals surface area contributed by atoms with Gasteiger partial charge < -0.3 is 25.0 Å². The first-order valence-electron chi connectivity index (χ1n) is 11.9. The van der Waals surface area contributed by atoms with E-state index in [1.54, 1.807) is 25.1 Å². The van der Waals surface area contributed by atoms with E-state index in [9.17, 15) is 24.0 Å². The van der Waals surface area contributed by atoms with Crippen LogP contribution in [0.5, 0.6) is 0 Å². The molecule has 0 aromatic heterocycles. The number of fused-ring (bicyclic) bond motifs is 1. The third-order valence-corrected chi connectivity index (χ3v) is 6.47. The molecule has 2 unspecified atom stereocenters. The summed E-state index contributed by atoms with van der Waals surface area (Å²) in [6, 6.07) is 5.53. The Kier molecular flexibility index (Phi) is 7.60. The molecule has 3 amide bonds. The fourth-order valence-corrected chi connectivity index (χ4v) is 4.78. The third kappa shape index (κ3) is 5.43. The van der Waals surface area contributed by atoms with Gasteiger partial charge in [0.05, 0.1) is 6.42 Å². The maximum atomic E-state index is 13.5. The number of benzene rings is 1. The first-order chi connectivity index (χ1) is 16.9. The van der Waals surface area contributed by atoms with Gasteiger partial charge in [0.1, 0.15) is 18.1 Å². The molecule has 0 saturated carbocycles. The number of nitrogens with one attached hydrogen (secondary N) is 2. The lowest BCUT2D eigenvalue weighted by molar-refractivity contribution is -0.164. The van der Waals surface area contributed by atoms with Crippen molar-refractivity contribution < 1.29 is 33.4 Å². The minimum atomic E-state index is -0.977. The summed E-state index contributed by atoms with van der Waals surface area (Å²) in [6.07, 6.45) is 4.73. The molecule has 10 nitrogen and oxygen atoms in total. The predicted octanol–water partition coefficient (Wildman–Crippen LogP) is 0.858. The molecular weight excluding hydrogens is 454 g/mol. The first-order valence-corrected chi connectivity index (χ1v) is 11.9. The summed E-state index contributed by atoms with van der Waals surface area (Å²) in [6.45, 7) is 2.08. The monoisotopic (exact) mass is 483 g/mol. The lowest BCUT2D eigenvalue weighted by atomic mass is 10.0. The Balaban J connectivity index is 1.47. The summed E-state index contributed by atoms with van der Waals surface area (Å²) in [5, 5.41) is 5.37. The van der Waals surface area contributed by atoms with E-state index in [0.29, 0.717) is 25.9 Å². The van der Waals surface area contributed by atoms with Gasteiger partial charge in [-0.05, 0) is 32.6 Å². The Morgan fingerprint density at radius 1 is 1.06 bits per heavy atom. The molecule has 0 spiro atoms. The number of amides is 3. The van der Waals surface area contributed by atoms with Gasteiger partial charge in [-0.2, -0.15) is 0 Å². The molecular formula is C25H29N3O7. The zero-order valence-corrected chi connectivity index (χ0v) is 19.5. The topological polar surface area (TPSA) is 131 Å². The van der Waals surface area contributed by atoms with Crippen molar-refractivity contribution in [2.45, 2.75) is 69.5 Å². The van der Waals surface area contributed by atoms with Crippen LogP contribution in [0.2, 0.25) is 0 Å². The average molecular weight is 484 g/mol. The maximum Gasteiger partial charge on any atom is 0.310 e. The molecule has 5 atom stereocenters.